The lowest BCUT2D eigenvalue weighted by molar-refractivity contribution is 0.152. The Hall–Kier alpha value is -0.610. The van der Waals surface area contributed by atoms with E-state index < -0.39 is 0 Å². The number of ether oxygens (including phenoxy) is 1. The molecule has 0 amide bonds. The number of hydrogen-bond donors (Lipinski definition) is 1. The van der Waals surface area contributed by atoms with Crippen molar-refractivity contribution < 1.29 is 4.74 Å². The standard InChI is InChI=1S/C13H19BrN2O/c14-12-8-16-6-5-13(12)17-9-11-4-2-1-3-10(11)7-15/h5-6,8,10-11H,1-4,7,9,15H2. The van der Waals surface area contributed by atoms with Crippen LogP contribution in [0.2, 0.25) is 0 Å². The van der Waals surface area contributed by atoms with E-state index in [0.29, 0.717) is 11.8 Å². The van der Waals surface area contributed by atoms with Crippen LogP contribution < -0.4 is 10.5 Å². The number of hydrogen-bond acceptors (Lipinski definition) is 3. The van der Waals surface area contributed by atoms with Crippen LogP contribution in [0.1, 0.15) is 25.7 Å². The Kier molecular flexibility index (Phi) is 4.80. The van der Waals surface area contributed by atoms with E-state index in [1.165, 1.54) is 25.7 Å². The third-order valence-corrected chi connectivity index (χ3v) is 4.15. The topological polar surface area (TPSA) is 48.1 Å². The summed E-state index contributed by atoms with van der Waals surface area (Å²) in [5.74, 6) is 2.11. The molecular formula is C13H19BrN2O. The van der Waals surface area contributed by atoms with Crippen LogP contribution in [0.5, 0.6) is 5.75 Å². The molecule has 1 heterocycles. The molecule has 0 bridgehead atoms. The molecule has 1 aromatic rings. The summed E-state index contributed by atoms with van der Waals surface area (Å²) in [6.07, 6.45) is 8.63. The Morgan fingerprint density at radius 2 is 2.12 bits per heavy atom. The molecule has 17 heavy (non-hydrogen) atoms. The smallest absolute Gasteiger partial charge is 0.136 e. The van der Waals surface area contributed by atoms with Crippen molar-refractivity contribution in [2.75, 3.05) is 13.2 Å². The summed E-state index contributed by atoms with van der Waals surface area (Å²) in [6.45, 7) is 1.55. The Balaban J connectivity index is 1.90. The zero-order chi connectivity index (χ0) is 12.1. The van der Waals surface area contributed by atoms with Crippen LogP contribution in [0.25, 0.3) is 0 Å². The van der Waals surface area contributed by atoms with Gasteiger partial charge in [0.05, 0.1) is 11.1 Å². The molecule has 1 fully saturated rings. The van der Waals surface area contributed by atoms with Gasteiger partial charge in [-0.15, -0.1) is 0 Å². The summed E-state index contributed by atoms with van der Waals surface area (Å²) in [5, 5.41) is 0. The maximum atomic E-state index is 5.87. The second-order valence-corrected chi connectivity index (χ2v) is 5.51. The van der Waals surface area contributed by atoms with Crippen LogP contribution in [-0.4, -0.2) is 18.1 Å². The quantitative estimate of drug-likeness (QED) is 0.929. The van der Waals surface area contributed by atoms with Crippen molar-refractivity contribution in [1.82, 2.24) is 4.98 Å². The summed E-state index contributed by atoms with van der Waals surface area (Å²) in [7, 11) is 0. The SMILES string of the molecule is NCC1CCCCC1COc1ccncc1Br. The van der Waals surface area contributed by atoms with Crippen molar-refractivity contribution in [3.05, 3.63) is 22.9 Å². The third-order valence-electron chi connectivity index (χ3n) is 3.56. The van der Waals surface area contributed by atoms with E-state index >= 15 is 0 Å². The molecule has 1 aliphatic carbocycles. The Bertz CT molecular complexity index is 359. The molecule has 0 saturated heterocycles. The van der Waals surface area contributed by atoms with Gasteiger partial charge in [-0.1, -0.05) is 12.8 Å². The molecule has 2 unspecified atom stereocenters. The molecule has 4 heteroatoms. The van der Waals surface area contributed by atoms with Gasteiger partial charge >= 0.3 is 0 Å². The summed E-state index contributed by atoms with van der Waals surface area (Å²) in [5.41, 5.74) is 5.82. The van der Waals surface area contributed by atoms with Crippen LogP contribution in [0.15, 0.2) is 22.9 Å². The minimum Gasteiger partial charge on any atom is -0.492 e. The molecule has 2 rings (SSSR count). The largest absolute Gasteiger partial charge is 0.492 e. The lowest BCUT2D eigenvalue weighted by Gasteiger charge is -2.30. The van der Waals surface area contributed by atoms with Gasteiger partial charge in [0.2, 0.25) is 0 Å². The fraction of sp³-hybridized carbons (Fsp3) is 0.615. The van der Waals surface area contributed by atoms with Crippen molar-refractivity contribution in [2.24, 2.45) is 17.6 Å². The predicted molar refractivity (Wildman–Crippen MR) is 71.9 cm³/mol. The summed E-state index contributed by atoms with van der Waals surface area (Å²) < 4.78 is 6.78. The molecular weight excluding hydrogens is 280 g/mol. The molecule has 2 N–H and O–H groups in total. The van der Waals surface area contributed by atoms with E-state index in [0.717, 1.165) is 23.4 Å². The van der Waals surface area contributed by atoms with Gasteiger partial charge in [0.25, 0.3) is 0 Å². The van der Waals surface area contributed by atoms with Gasteiger partial charge in [-0.05, 0) is 53.2 Å². The average Bonchev–Trinajstić information content (AvgIpc) is 2.38. The van der Waals surface area contributed by atoms with Crippen molar-refractivity contribution >= 4 is 15.9 Å². The molecule has 1 aromatic heterocycles. The van der Waals surface area contributed by atoms with Crippen LogP contribution in [-0.2, 0) is 0 Å². The van der Waals surface area contributed by atoms with Gasteiger partial charge in [-0.2, -0.15) is 0 Å². The van der Waals surface area contributed by atoms with E-state index in [9.17, 15) is 0 Å². The Morgan fingerprint density at radius 3 is 2.82 bits per heavy atom. The number of aromatic nitrogens is 1. The predicted octanol–water partition coefficient (Wildman–Crippen LogP) is 2.99. The fourth-order valence-corrected chi connectivity index (χ4v) is 2.86. The minimum atomic E-state index is 0.605. The van der Waals surface area contributed by atoms with Crippen molar-refractivity contribution in [2.45, 2.75) is 25.7 Å². The Morgan fingerprint density at radius 1 is 1.35 bits per heavy atom. The molecule has 3 nitrogen and oxygen atoms in total. The highest BCUT2D eigenvalue weighted by atomic mass is 79.9. The first kappa shape index (κ1) is 12.8. The highest BCUT2D eigenvalue weighted by molar-refractivity contribution is 9.10. The minimum absolute atomic E-state index is 0.605. The van der Waals surface area contributed by atoms with Gasteiger partial charge in [0.1, 0.15) is 5.75 Å². The van der Waals surface area contributed by atoms with E-state index in [1.807, 2.05) is 6.07 Å². The molecule has 1 saturated carbocycles. The molecule has 2 atom stereocenters. The van der Waals surface area contributed by atoms with Crippen LogP contribution in [0.3, 0.4) is 0 Å². The van der Waals surface area contributed by atoms with Crippen LogP contribution in [0, 0.1) is 11.8 Å². The van der Waals surface area contributed by atoms with Crippen molar-refractivity contribution in [3.63, 3.8) is 0 Å². The summed E-state index contributed by atoms with van der Waals surface area (Å²) in [6, 6.07) is 1.89. The average molecular weight is 299 g/mol. The molecule has 94 valence electrons. The number of nitrogens with zero attached hydrogens (tertiary/aromatic N) is 1. The highest BCUT2D eigenvalue weighted by Gasteiger charge is 2.24. The van der Waals surface area contributed by atoms with E-state index in [4.69, 9.17) is 10.5 Å². The van der Waals surface area contributed by atoms with Crippen molar-refractivity contribution in [3.8, 4) is 5.75 Å². The number of pyridine rings is 1. The summed E-state index contributed by atoms with van der Waals surface area (Å²) >= 11 is 3.44. The van der Waals surface area contributed by atoms with Crippen LogP contribution in [0.4, 0.5) is 0 Å². The van der Waals surface area contributed by atoms with Gasteiger partial charge in [0.15, 0.2) is 0 Å². The van der Waals surface area contributed by atoms with Crippen molar-refractivity contribution in [1.29, 1.82) is 0 Å². The monoisotopic (exact) mass is 298 g/mol. The van der Waals surface area contributed by atoms with Gasteiger partial charge in [-0.25, -0.2) is 0 Å². The normalized spacial score (nSPS) is 24.6. The third kappa shape index (κ3) is 3.42. The van der Waals surface area contributed by atoms with E-state index in [-0.39, 0.29) is 0 Å². The zero-order valence-corrected chi connectivity index (χ0v) is 11.5. The first-order chi connectivity index (χ1) is 8.31. The molecule has 0 spiro atoms. The molecule has 0 radical (unpaired) electrons. The van der Waals surface area contributed by atoms with E-state index in [1.54, 1.807) is 12.4 Å². The van der Waals surface area contributed by atoms with Gasteiger partial charge < -0.3 is 10.5 Å². The lowest BCUT2D eigenvalue weighted by Crippen LogP contribution is -2.30. The summed E-state index contributed by atoms with van der Waals surface area (Å²) in [4.78, 5) is 4.02. The number of rotatable bonds is 4. The van der Waals surface area contributed by atoms with Gasteiger partial charge in [-0.3, -0.25) is 4.98 Å². The first-order valence-corrected chi connectivity index (χ1v) is 7.03. The maximum absolute atomic E-state index is 5.87. The molecule has 1 aliphatic rings. The molecule has 0 aromatic carbocycles. The number of halogens is 1. The highest BCUT2D eigenvalue weighted by Crippen LogP contribution is 2.31. The van der Waals surface area contributed by atoms with Gasteiger partial charge in [0, 0.05) is 12.4 Å². The lowest BCUT2D eigenvalue weighted by atomic mass is 9.80. The zero-order valence-electron chi connectivity index (χ0n) is 9.94. The Labute approximate surface area is 111 Å². The van der Waals surface area contributed by atoms with Crippen LogP contribution >= 0.6 is 15.9 Å². The maximum Gasteiger partial charge on any atom is 0.136 e. The van der Waals surface area contributed by atoms with E-state index in [2.05, 4.69) is 20.9 Å². The second-order valence-electron chi connectivity index (χ2n) is 4.66. The first-order valence-electron chi connectivity index (χ1n) is 6.23. The fourth-order valence-electron chi connectivity index (χ4n) is 2.49. The molecule has 0 aliphatic heterocycles. The number of nitrogens with two attached hydrogens (primary N) is 1. The second kappa shape index (κ2) is 6.36.